The number of nitrogens with zero attached hydrogens (tertiary/aromatic N) is 1. The van der Waals surface area contributed by atoms with Gasteiger partial charge in [0.05, 0.1) is 6.04 Å². The highest BCUT2D eigenvalue weighted by molar-refractivity contribution is 6.33. The lowest BCUT2D eigenvalue weighted by molar-refractivity contribution is -0.141. The fraction of sp³-hybridized carbons (Fsp3) is 0.308. The van der Waals surface area contributed by atoms with Crippen LogP contribution in [0.1, 0.15) is 30.6 Å². The Morgan fingerprint density at radius 1 is 1.30 bits per heavy atom. The second-order valence-corrected chi connectivity index (χ2v) is 4.65. The molecule has 0 amide bonds. The molecule has 0 fully saturated rings. The van der Waals surface area contributed by atoms with Gasteiger partial charge in [0.1, 0.15) is 5.02 Å². The van der Waals surface area contributed by atoms with E-state index in [-0.39, 0.29) is 11.9 Å². The number of alkyl halides is 3. The molecule has 1 unspecified atom stereocenters. The van der Waals surface area contributed by atoms with Gasteiger partial charge in [-0.15, -0.1) is 0 Å². The fourth-order valence-corrected chi connectivity index (χ4v) is 2.13. The third-order valence-corrected chi connectivity index (χ3v) is 3.28. The molecule has 1 heterocycles. The molecule has 0 bridgehead atoms. The zero-order chi connectivity index (χ0) is 14.8. The summed E-state index contributed by atoms with van der Waals surface area (Å²) in [6, 6.07) is 9.25. The minimum Gasteiger partial charge on any atom is -0.361 e. The van der Waals surface area contributed by atoms with Gasteiger partial charge in [0.25, 0.3) is 0 Å². The van der Waals surface area contributed by atoms with Crippen molar-refractivity contribution in [1.29, 1.82) is 0 Å². The van der Waals surface area contributed by atoms with E-state index in [1.165, 1.54) is 0 Å². The molecule has 0 saturated heterocycles. The quantitative estimate of drug-likeness (QED) is 0.863. The molecule has 0 aliphatic rings. The molecule has 7 heteroatoms. The van der Waals surface area contributed by atoms with Crippen molar-refractivity contribution < 1.29 is 13.2 Å². The lowest BCUT2D eigenvalue weighted by Crippen LogP contribution is -2.10. The van der Waals surface area contributed by atoms with Gasteiger partial charge in [0.15, 0.2) is 11.5 Å². The normalized spacial score (nSPS) is 13.2. The fourth-order valence-electron chi connectivity index (χ4n) is 1.88. The first-order valence-corrected chi connectivity index (χ1v) is 6.43. The summed E-state index contributed by atoms with van der Waals surface area (Å²) in [6.45, 7) is 1.93. The van der Waals surface area contributed by atoms with Gasteiger partial charge in [-0.05, 0) is 12.0 Å². The van der Waals surface area contributed by atoms with Crippen LogP contribution in [-0.2, 0) is 6.18 Å². The summed E-state index contributed by atoms with van der Waals surface area (Å²) in [5, 5.41) is 8.03. The predicted octanol–water partition coefficient (Wildman–Crippen LogP) is 4.65. The number of rotatable bonds is 4. The van der Waals surface area contributed by atoms with Crippen LogP contribution in [0, 0.1) is 0 Å². The molecule has 0 spiro atoms. The Balaban J connectivity index is 2.23. The number of nitrogens with one attached hydrogen (secondary N) is 2. The molecule has 20 heavy (non-hydrogen) atoms. The van der Waals surface area contributed by atoms with E-state index in [0.717, 1.165) is 5.56 Å². The van der Waals surface area contributed by atoms with E-state index in [9.17, 15) is 13.2 Å². The molecule has 0 aliphatic heterocycles. The van der Waals surface area contributed by atoms with Crippen molar-refractivity contribution in [3.63, 3.8) is 0 Å². The predicted molar refractivity (Wildman–Crippen MR) is 71.7 cm³/mol. The zero-order valence-corrected chi connectivity index (χ0v) is 11.4. The maximum absolute atomic E-state index is 12.6. The summed E-state index contributed by atoms with van der Waals surface area (Å²) in [5.74, 6) is 0.00898. The second kappa shape index (κ2) is 5.75. The van der Waals surface area contributed by atoms with Gasteiger partial charge in [-0.25, -0.2) is 0 Å². The minimum atomic E-state index is -4.54. The Morgan fingerprint density at radius 2 is 1.95 bits per heavy atom. The van der Waals surface area contributed by atoms with E-state index in [0.29, 0.717) is 6.42 Å². The molecule has 2 rings (SSSR count). The topological polar surface area (TPSA) is 40.7 Å². The summed E-state index contributed by atoms with van der Waals surface area (Å²) in [7, 11) is 0. The van der Waals surface area contributed by atoms with E-state index >= 15 is 0 Å². The Hall–Kier alpha value is -1.69. The Kier molecular flexibility index (Phi) is 4.23. The van der Waals surface area contributed by atoms with Crippen molar-refractivity contribution in [3.8, 4) is 0 Å². The molecule has 0 radical (unpaired) electrons. The van der Waals surface area contributed by atoms with Crippen molar-refractivity contribution >= 4 is 17.4 Å². The third kappa shape index (κ3) is 3.07. The smallest absolute Gasteiger partial charge is 0.361 e. The Bertz CT molecular complexity index is 566. The molecule has 2 N–H and O–H groups in total. The van der Waals surface area contributed by atoms with Crippen LogP contribution >= 0.6 is 11.6 Å². The number of benzene rings is 1. The minimum absolute atomic E-state index is 0.00898. The van der Waals surface area contributed by atoms with Crippen molar-refractivity contribution in [3.05, 3.63) is 46.6 Å². The van der Waals surface area contributed by atoms with E-state index < -0.39 is 16.9 Å². The zero-order valence-electron chi connectivity index (χ0n) is 10.6. The van der Waals surface area contributed by atoms with Gasteiger partial charge < -0.3 is 5.32 Å². The van der Waals surface area contributed by atoms with E-state index in [2.05, 4.69) is 10.4 Å². The second-order valence-electron chi connectivity index (χ2n) is 4.27. The van der Waals surface area contributed by atoms with Crippen LogP contribution in [0.4, 0.5) is 19.0 Å². The van der Waals surface area contributed by atoms with Crippen LogP contribution in [0.5, 0.6) is 0 Å². The molecule has 0 saturated carbocycles. The Labute approximate surface area is 119 Å². The first-order chi connectivity index (χ1) is 9.43. The summed E-state index contributed by atoms with van der Waals surface area (Å²) >= 11 is 5.72. The highest BCUT2D eigenvalue weighted by atomic mass is 35.5. The molecule has 2 aromatic rings. The highest BCUT2D eigenvalue weighted by Crippen LogP contribution is 2.37. The number of aromatic nitrogens is 2. The largest absolute Gasteiger partial charge is 0.434 e. The lowest BCUT2D eigenvalue weighted by atomic mass is 10.0. The Morgan fingerprint density at radius 3 is 2.45 bits per heavy atom. The number of anilines is 1. The van der Waals surface area contributed by atoms with Gasteiger partial charge in [0.2, 0.25) is 0 Å². The first kappa shape index (κ1) is 14.7. The van der Waals surface area contributed by atoms with Crippen LogP contribution in [0.3, 0.4) is 0 Å². The van der Waals surface area contributed by atoms with Gasteiger partial charge in [0, 0.05) is 0 Å². The number of hydrogen-bond donors (Lipinski definition) is 2. The van der Waals surface area contributed by atoms with Gasteiger partial charge >= 0.3 is 6.18 Å². The summed E-state index contributed by atoms with van der Waals surface area (Å²) in [6.07, 6.45) is -3.85. The molecular formula is C13H13ClF3N3. The monoisotopic (exact) mass is 303 g/mol. The van der Waals surface area contributed by atoms with E-state index in [4.69, 9.17) is 11.6 Å². The molecule has 108 valence electrons. The van der Waals surface area contributed by atoms with Crippen LogP contribution in [0.2, 0.25) is 5.02 Å². The van der Waals surface area contributed by atoms with Crippen molar-refractivity contribution in [2.24, 2.45) is 0 Å². The lowest BCUT2D eigenvalue weighted by Gasteiger charge is -2.17. The molecule has 1 aromatic heterocycles. The van der Waals surface area contributed by atoms with Gasteiger partial charge in [-0.2, -0.15) is 18.3 Å². The number of hydrogen-bond acceptors (Lipinski definition) is 2. The molecule has 1 aromatic carbocycles. The SMILES string of the molecule is CCC(Nc1n[nH]c(C(F)(F)F)c1Cl)c1ccccc1. The summed E-state index contributed by atoms with van der Waals surface area (Å²) in [5.41, 5.74) is -0.0767. The average molecular weight is 304 g/mol. The van der Waals surface area contributed by atoms with Crippen LogP contribution in [0.25, 0.3) is 0 Å². The van der Waals surface area contributed by atoms with E-state index in [1.54, 1.807) is 0 Å². The molecular weight excluding hydrogens is 291 g/mol. The van der Waals surface area contributed by atoms with Crippen molar-refractivity contribution in [2.45, 2.75) is 25.6 Å². The molecule has 1 atom stereocenters. The standard InChI is InChI=1S/C13H13ClF3N3/c1-2-9(8-6-4-3-5-7-8)18-12-10(14)11(19-20-12)13(15,16)17/h3-7,9H,2H2,1H3,(H2,18,19,20). The maximum atomic E-state index is 12.6. The van der Waals surface area contributed by atoms with Crippen molar-refractivity contribution in [1.82, 2.24) is 10.2 Å². The number of halogens is 4. The first-order valence-electron chi connectivity index (χ1n) is 6.06. The summed E-state index contributed by atoms with van der Waals surface area (Å²) < 4.78 is 37.9. The van der Waals surface area contributed by atoms with Crippen LogP contribution in [0.15, 0.2) is 30.3 Å². The van der Waals surface area contributed by atoms with Gasteiger partial charge in [-0.3, -0.25) is 5.10 Å². The van der Waals surface area contributed by atoms with E-state index in [1.807, 2.05) is 42.4 Å². The van der Waals surface area contributed by atoms with Crippen molar-refractivity contribution in [2.75, 3.05) is 5.32 Å². The third-order valence-electron chi connectivity index (χ3n) is 2.91. The maximum Gasteiger partial charge on any atom is 0.434 e. The molecule has 0 aliphatic carbocycles. The highest BCUT2D eigenvalue weighted by Gasteiger charge is 2.37. The number of H-pyrrole nitrogens is 1. The van der Waals surface area contributed by atoms with Gasteiger partial charge in [-0.1, -0.05) is 48.9 Å². The van der Waals surface area contributed by atoms with Crippen LogP contribution < -0.4 is 5.32 Å². The molecule has 3 nitrogen and oxygen atoms in total. The average Bonchev–Trinajstić information content (AvgIpc) is 2.78. The summed E-state index contributed by atoms with van der Waals surface area (Å²) in [4.78, 5) is 0. The van der Waals surface area contributed by atoms with Crippen LogP contribution in [-0.4, -0.2) is 10.2 Å². The number of aromatic amines is 1.